The van der Waals surface area contributed by atoms with E-state index in [2.05, 4.69) is 6.92 Å². The van der Waals surface area contributed by atoms with Gasteiger partial charge in [-0.05, 0) is 40.0 Å². The fourth-order valence-electron chi connectivity index (χ4n) is 2.51. The Morgan fingerprint density at radius 2 is 1.54 bits per heavy atom. The second-order valence-electron chi connectivity index (χ2n) is 5.43. The third-order valence-corrected chi connectivity index (χ3v) is 7.18. The Hall–Kier alpha value is -0.343. The Kier molecular flexibility index (Phi) is 13.7. The molecule has 0 aromatic carbocycles. The Morgan fingerprint density at radius 3 is 1.96 bits per heavy atom. The Morgan fingerprint density at radius 1 is 1.00 bits per heavy atom. The highest BCUT2D eigenvalue weighted by Gasteiger charge is 2.39. The Balaban J connectivity index is 4.45. The molecular formula is C17H34O5SSi. The van der Waals surface area contributed by atoms with Crippen LogP contribution in [0.15, 0.2) is 0 Å². The van der Waals surface area contributed by atoms with Gasteiger partial charge < -0.3 is 18.0 Å². The highest BCUT2D eigenvalue weighted by molar-refractivity contribution is 7.80. The van der Waals surface area contributed by atoms with E-state index in [4.69, 9.17) is 30.2 Å². The summed E-state index contributed by atoms with van der Waals surface area (Å²) in [5.74, 6) is -0.486. The third-order valence-electron chi connectivity index (χ3n) is 3.54. The van der Waals surface area contributed by atoms with Gasteiger partial charge in [-0.15, -0.1) is 0 Å². The maximum Gasteiger partial charge on any atom is 0.501 e. The van der Waals surface area contributed by atoms with E-state index in [0.717, 1.165) is 17.7 Å². The molecule has 0 N–H and O–H groups in total. The largest absolute Gasteiger partial charge is 0.501 e. The quantitative estimate of drug-likeness (QED) is 0.185. The van der Waals surface area contributed by atoms with E-state index >= 15 is 0 Å². The average molecular weight is 379 g/mol. The molecule has 1 atom stereocenters. The summed E-state index contributed by atoms with van der Waals surface area (Å²) in [5.41, 5.74) is 0. The minimum atomic E-state index is -2.65. The lowest BCUT2D eigenvalue weighted by molar-refractivity contribution is -0.146. The summed E-state index contributed by atoms with van der Waals surface area (Å²) in [4.78, 5) is 13.0. The van der Waals surface area contributed by atoms with Crippen LogP contribution in [-0.2, 0) is 22.8 Å². The SMILES string of the molecule is CCCC(=S)C(CC)C(=O)OCCC[Si](OCC)(OCC)OCC. The number of carbonyl (C=O) groups is 1. The van der Waals surface area contributed by atoms with Crippen LogP contribution in [-0.4, -0.2) is 46.1 Å². The van der Waals surface area contributed by atoms with Gasteiger partial charge in [0.2, 0.25) is 0 Å². The molecule has 0 aliphatic carbocycles. The molecule has 0 radical (unpaired) electrons. The second kappa shape index (κ2) is 13.9. The minimum Gasteiger partial charge on any atom is -0.465 e. The van der Waals surface area contributed by atoms with Crippen LogP contribution in [0.5, 0.6) is 0 Å². The monoisotopic (exact) mass is 378 g/mol. The average Bonchev–Trinajstić information content (AvgIpc) is 2.53. The molecule has 0 aromatic rings. The van der Waals surface area contributed by atoms with Crippen molar-refractivity contribution in [2.45, 2.75) is 66.3 Å². The van der Waals surface area contributed by atoms with Crippen LogP contribution in [0.1, 0.15) is 60.3 Å². The summed E-state index contributed by atoms with van der Waals surface area (Å²) < 4.78 is 22.8. The first-order valence-electron chi connectivity index (χ1n) is 9.11. The van der Waals surface area contributed by atoms with Crippen molar-refractivity contribution in [3.8, 4) is 0 Å². The van der Waals surface area contributed by atoms with Crippen molar-refractivity contribution < 1.29 is 22.8 Å². The number of carbonyl (C=O) groups excluding carboxylic acids is 1. The lowest BCUT2D eigenvalue weighted by Crippen LogP contribution is -2.46. The first-order chi connectivity index (χ1) is 11.5. The summed E-state index contributed by atoms with van der Waals surface area (Å²) in [5, 5.41) is 0. The molecule has 1 unspecified atom stereocenters. The van der Waals surface area contributed by atoms with Crippen LogP contribution < -0.4 is 0 Å². The number of rotatable bonds is 15. The normalized spacial score (nSPS) is 12.9. The van der Waals surface area contributed by atoms with Crippen LogP contribution in [0.25, 0.3) is 0 Å². The third kappa shape index (κ3) is 8.67. The number of ether oxygens (including phenoxy) is 1. The molecule has 0 bridgehead atoms. The first-order valence-corrected chi connectivity index (χ1v) is 11.4. The molecule has 0 heterocycles. The van der Waals surface area contributed by atoms with Crippen molar-refractivity contribution in [3.05, 3.63) is 0 Å². The minimum absolute atomic E-state index is 0.215. The molecule has 0 amide bonds. The molecule has 5 nitrogen and oxygen atoms in total. The van der Waals surface area contributed by atoms with Crippen molar-refractivity contribution in [1.29, 1.82) is 0 Å². The van der Waals surface area contributed by atoms with Gasteiger partial charge in [-0.3, -0.25) is 4.79 Å². The fraction of sp³-hybridized carbons (Fsp3) is 0.882. The smallest absolute Gasteiger partial charge is 0.465 e. The molecule has 24 heavy (non-hydrogen) atoms. The van der Waals surface area contributed by atoms with Gasteiger partial charge in [0.25, 0.3) is 0 Å². The number of esters is 1. The van der Waals surface area contributed by atoms with E-state index in [9.17, 15) is 4.79 Å². The van der Waals surface area contributed by atoms with Crippen LogP contribution in [0.4, 0.5) is 0 Å². The zero-order valence-corrected chi connectivity index (χ0v) is 17.7. The van der Waals surface area contributed by atoms with Gasteiger partial charge in [0, 0.05) is 30.7 Å². The van der Waals surface area contributed by atoms with Crippen LogP contribution in [0, 0.1) is 5.92 Å². The summed E-state index contributed by atoms with van der Waals surface area (Å²) in [7, 11) is -2.65. The molecule has 0 aliphatic rings. The van der Waals surface area contributed by atoms with E-state index < -0.39 is 8.80 Å². The molecule has 0 spiro atoms. The van der Waals surface area contributed by atoms with Gasteiger partial charge in [-0.1, -0.05) is 32.5 Å². The van der Waals surface area contributed by atoms with Gasteiger partial charge in [0.05, 0.1) is 12.5 Å². The molecule has 0 rings (SSSR count). The van der Waals surface area contributed by atoms with Gasteiger partial charge in [-0.25, -0.2) is 0 Å². The van der Waals surface area contributed by atoms with Crippen molar-refractivity contribution in [2.24, 2.45) is 5.92 Å². The van der Waals surface area contributed by atoms with Crippen molar-refractivity contribution in [1.82, 2.24) is 0 Å². The van der Waals surface area contributed by atoms with E-state index in [1.165, 1.54) is 0 Å². The highest BCUT2D eigenvalue weighted by atomic mass is 32.1. The van der Waals surface area contributed by atoms with Crippen molar-refractivity contribution in [3.63, 3.8) is 0 Å². The van der Waals surface area contributed by atoms with Crippen LogP contribution in [0.2, 0.25) is 6.04 Å². The standard InChI is InChI=1S/C17H34O5SSi/c1-6-12-16(23)15(7-2)17(18)19-13-11-14-24(20-8-3,21-9-4)22-10-5/h15H,6-14H2,1-5H3. The van der Waals surface area contributed by atoms with Crippen molar-refractivity contribution >= 4 is 31.9 Å². The van der Waals surface area contributed by atoms with E-state index in [1.807, 2.05) is 27.7 Å². The Labute approximate surface area is 153 Å². The summed E-state index contributed by atoms with van der Waals surface area (Å²) in [6.07, 6.45) is 3.09. The molecule has 7 heteroatoms. The predicted molar refractivity (Wildman–Crippen MR) is 102 cm³/mol. The molecular weight excluding hydrogens is 344 g/mol. The predicted octanol–water partition coefficient (Wildman–Crippen LogP) is 4.16. The number of thiocarbonyl (C=S) groups is 1. The molecule has 0 saturated carbocycles. The molecule has 0 fully saturated rings. The maximum atomic E-state index is 12.2. The van der Waals surface area contributed by atoms with E-state index in [0.29, 0.717) is 45.3 Å². The molecule has 0 aliphatic heterocycles. The number of hydrogen-bond donors (Lipinski definition) is 0. The Bertz CT molecular complexity index is 348. The van der Waals surface area contributed by atoms with E-state index in [-0.39, 0.29) is 11.9 Å². The fourth-order valence-corrected chi connectivity index (χ4v) is 5.56. The summed E-state index contributed by atoms with van der Waals surface area (Å²) in [6.45, 7) is 11.8. The number of hydrogen-bond acceptors (Lipinski definition) is 6. The highest BCUT2D eigenvalue weighted by Crippen LogP contribution is 2.19. The lowest BCUT2D eigenvalue weighted by atomic mass is 9.99. The van der Waals surface area contributed by atoms with Gasteiger partial charge in [0.1, 0.15) is 0 Å². The zero-order chi connectivity index (χ0) is 18.4. The molecule has 0 aromatic heterocycles. The first kappa shape index (κ1) is 23.7. The van der Waals surface area contributed by atoms with Crippen molar-refractivity contribution in [2.75, 3.05) is 26.4 Å². The molecule has 142 valence electrons. The van der Waals surface area contributed by atoms with Gasteiger partial charge in [-0.2, -0.15) is 0 Å². The second-order valence-corrected chi connectivity index (χ2v) is 8.69. The topological polar surface area (TPSA) is 54.0 Å². The van der Waals surface area contributed by atoms with E-state index in [1.54, 1.807) is 0 Å². The summed E-state index contributed by atoms with van der Waals surface area (Å²) in [6, 6.07) is 0.645. The zero-order valence-electron chi connectivity index (χ0n) is 15.9. The summed E-state index contributed by atoms with van der Waals surface area (Å²) >= 11 is 5.34. The van der Waals surface area contributed by atoms with Crippen LogP contribution >= 0.6 is 12.2 Å². The lowest BCUT2D eigenvalue weighted by Gasteiger charge is -2.28. The van der Waals surface area contributed by atoms with Gasteiger partial charge in [0.15, 0.2) is 0 Å². The van der Waals surface area contributed by atoms with Gasteiger partial charge >= 0.3 is 14.8 Å². The maximum absolute atomic E-state index is 12.2. The van der Waals surface area contributed by atoms with Crippen LogP contribution in [0.3, 0.4) is 0 Å². The molecule has 0 saturated heterocycles.